The number of benzene rings is 3. The molecule has 3 aromatic carbocycles. The predicted octanol–water partition coefficient (Wildman–Crippen LogP) is 4.70. The Bertz CT molecular complexity index is 1350. The summed E-state index contributed by atoms with van der Waals surface area (Å²) in [5.41, 5.74) is 3.08. The number of carbonyl (C=O) groups is 3. The molecule has 0 bridgehead atoms. The van der Waals surface area contributed by atoms with Crippen LogP contribution in [0.3, 0.4) is 0 Å². The van der Waals surface area contributed by atoms with Crippen LogP contribution < -0.4 is 19.7 Å². The van der Waals surface area contributed by atoms with Crippen molar-refractivity contribution in [2.45, 2.75) is 20.5 Å². The van der Waals surface area contributed by atoms with Gasteiger partial charge in [0.2, 0.25) is 0 Å². The summed E-state index contributed by atoms with van der Waals surface area (Å²) in [6.45, 7) is 3.84. The third kappa shape index (κ3) is 5.22. The van der Waals surface area contributed by atoms with Crippen molar-refractivity contribution in [3.05, 3.63) is 94.3 Å². The lowest BCUT2D eigenvalue weighted by atomic mass is 10.0. The third-order valence-electron chi connectivity index (χ3n) is 5.35. The molecule has 0 aromatic heterocycles. The van der Waals surface area contributed by atoms with Crippen molar-refractivity contribution in [2.75, 3.05) is 12.0 Å². The molecule has 1 fully saturated rings. The minimum atomic E-state index is -0.805. The number of anilines is 1. The zero-order valence-electron chi connectivity index (χ0n) is 19.4. The van der Waals surface area contributed by atoms with Crippen LogP contribution in [0.2, 0.25) is 0 Å². The van der Waals surface area contributed by atoms with Crippen LogP contribution in [0.1, 0.15) is 22.3 Å². The van der Waals surface area contributed by atoms with Gasteiger partial charge < -0.3 is 9.47 Å². The van der Waals surface area contributed by atoms with Crippen molar-refractivity contribution in [1.29, 1.82) is 0 Å². The van der Waals surface area contributed by atoms with Gasteiger partial charge in [0.15, 0.2) is 11.5 Å². The second kappa shape index (κ2) is 9.80. The maximum Gasteiger partial charge on any atom is 0.335 e. The Hall–Kier alpha value is -4.46. The molecule has 1 aliphatic rings. The fourth-order valence-corrected chi connectivity index (χ4v) is 3.82. The maximum absolute atomic E-state index is 13.4. The third-order valence-corrected chi connectivity index (χ3v) is 5.35. The van der Waals surface area contributed by atoms with Gasteiger partial charge in [-0.25, -0.2) is 14.1 Å². The van der Waals surface area contributed by atoms with Crippen LogP contribution in [0.4, 0.5) is 14.9 Å². The van der Waals surface area contributed by atoms with Crippen molar-refractivity contribution in [3.63, 3.8) is 0 Å². The zero-order valence-corrected chi connectivity index (χ0v) is 19.4. The van der Waals surface area contributed by atoms with E-state index in [4.69, 9.17) is 9.47 Å². The van der Waals surface area contributed by atoms with Gasteiger partial charge in [0.05, 0.1) is 12.8 Å². The topological polar surface area (TPSA) is 84.9 Å². The van der Waals surface area contributed by atoms with E-state index in [1.807, 2.05) is 19.9 Å². The molecule has 1 saturated heterocycles. The Labute approximate surface area is 201 Å². The molecule has 0 spiro atoms. The molecule has 0 unspecified atom stereocenters. The Morgan fingerprint density at radius 1 is 0.943 bits per heavy atom. The van der Waals surface area contributed by atoms with Crippen LogP contribution >= 0.6 is 0 Å². The van der Waals surface area contributed by atoms with Crippen LogP contribution in [-0.2, 0) is 16.2 Å². The molecular weight excluding hydrogens is 451 g/mol. The molecule has 4 amide bonds. The Morgan fingerprint density at radius 3 is 2.37 bits per heavy atom. The first-order chi connectivity index (χ1) is 16.7. The van der Waals surface area contributed by atoms with Gasteiger partial charge in [0.25, 0.3) is 11.8 Å². The van der Waals surface area contributed by atoms with E-state index in [9.17, 15) is 18.8 Å². The average Bonchev–Trinajstić information content (AvgIpc) is 2.80. The monoisotopic (exact) mass is 474 g/mol. The number of nitrogens with zero attached hydrogens (tertiary/aromatic N) is 1. The summed E-state index contributed by atoms with van der Waals surface area (Å²) in [5.74, 6) is -1.10. The van der Waals surface area contributed by atoms with Gasteiger partial charge >= 0.3 is 6.03 Å². The second-order valence-electron chi connectivity index (χ2n) is 8.13. The summed E-state index contributed by atoms with van der Waals surface area (Å²) >= 11 is 0. The maximum atomic E-state index is 13.4. The first kappa shape index (κ1) is 23.7. The van der Waals surface area contributed by atoms with Gasteiger partial charge in [0, 0.05) is 0 Å². The summed E-state index contributed by atoms with van der Waals surface area (Å²) in [7, 11) is 1.46. The van der Waals surface area contributed by atoms with Crippen LogP contribution in [0, 0.1) is 19.7 Å². The number of hydrogen-bond donors (Lipinski definition) is 1. The number of carbonyl (C=O) groups excluding carboxylic acids is 3. The molecule has 0 atom stereocenters. The van der Waals surface area contributed by atoms with E-state index in [-0.39, 0.29) is 18.0 Å². The summed E-state index contributed by atoms with van der Waals surface area (Å²) in [6.07, 6.45) is 1.39. The fraction of sp³-hybridized carbons (Fsp3) is 0.148. The number of methoxy groups -OCH3 is 1. The number of aryl methyl sites for hydroxylation is 2. The number of imide groups is 2. The van der Waals surface area contributed by atoms with Crippen molar-refractivity contribution >= 4 is 29.6 Å². The fourth-order valence-electron chi connectivity index (χ4n) is 3.82. The van der Waals surface area contributed by atoms with Gasteiger partial charge in [-0.2, -0.15) is 0 Å². The van der Waals surface area contributed by atoms with E-state index in [2.05, 4.69) is 5.32 Å². The SMILES string of the molecule is COc1cc(/C=C2\C(=O)NC(=O)N(c3cc(C)cc(C)c3)C2=O)ccc1OCc1cccc(F)c1. The Kier molecular flexibility index (Phi) is 6.64. The van der Waals surface area contributed by atoms with Crippen LogP contribution in [0.5, 0.6) is 11.5 Å². The molecule has 1 N–H and O–H groups in total. The van der Waals surface area contributed by atoms with E-state index in [1.54, 1.807) is 42.5 Å². The van der Waals surface area contributed by atoms with Crippen molar-refractivity contribution < 1.29 is 28.2 Å². The number of urea groups is 1. The van der Waals surface area contributed by atoms with Crippen LogP contribution in [-0.4, -0.2) is 25.0 Å². The van der Waals surface area contributed by atoms with E-state index in [0.717, 1.165) is 16.0 Å². The zero-order chi connectivity index (χ0) is 25.1. The Morgan fingerprint density at radius 2 is 1.69 bits per heavy atom. The highest BCUT2D eigenvalue weighted by Gasteiger charge is 2.37. The molecular formula is C27H23FN2O5. The smallest absolute Gasteiger partial charge is 0.335 e. The van der Waals surface area contributed by atoms with Gasteiger partial charge in [-0.05, 0) is 78.6 Å². The summed E-state index contributed by atoms with van der Waals surface area (Å²) in [4.78, 5) is 39.1. The highest BCUT2D eigenvalue weighted by atomic mass is 19.1. The van der Waals surface area contributed by atoms with Crippen LogP contribution in [0.15, 0.2) is 66.2 Å². The predicted molar refractivity (Wildman–Crippen MR) is 129 cm³/mol. The molecule has 4 rings (SSSR count). The summed E-state index contributed by atoms with van der Waals surface area (Å²) < 4.78 is 24.6. The molecule has 8 heteroatoms. The number of barbiturate groups is 1. The van der Waals surface area contributed by atoms with Gasteiger partial charge in [-0.15, -0.1) is 0 Å². The standard InChI is InChI=1S/C27H23FN2O5/c1-16-9-17(2)11-21(10-16)30-26(32)22(25(31)29-27(30)33)13-18-7-8-23(24(14-18)34-3)35-15-19-5-4-6-20(28)12-19/h4-14H,15H2,1-3H3,(H,29,31,33)/b22-13+. The molecule has 35 heavy (non-hydrogen) atoms. The number of nitrogens with one attached hydrogen (secondary N) is 1. The number of ether oxygens (including phenoxy) is 2. The molecule has 1 aliphatic heterocycles. The molecule has 7 nitrogen and oxygen atoms in total. The van der Waals surface area contributed by atoms with Crippen molar-refractivity contribution in [2.24, 2.45) is 0 Å². The van der Waals surface area contributed by atoms with E-state index >= 15 is 0 Å². The molecule has 0 saturated carbocycles. The number of halogens is 1. The summed E-state index contributed by atoms with van der Waals surface area (Å²) in [5, 5.41) is 2.22. The normalized spacial score (nSPS) is 14.8. The number of amides is 4. The molecule has 3 aromatic rings. The highest BCUT2D eigenvalue weighted by molar-refractivity contribution is 6.39. The Balaban J connectivity index is 1.61. The number of hydrogen-bond acceptors (Lipinski definition) is 5. The molecule has 178 valence electrons. The van der Waals surface area contributed by atoms with E-state index in [1.165, 1.54) is 25.3 Å². The summed E-state index contributed by atoms with van der Waals surface area (Å²) in [6, 6.07) is 15.5. The lowest BCUT2D eigenvalue weighted by molar-refractivity contribution is -0.122. The molecule has 1 heterocycles. The first-order valence-corrected chi connectivity index (χ1v) is 10.8. The molecule has 0 aliphatic carbocycles. The van der Waals surface area contributed by atoms with Crippen molar-refractivity contribution in [3.8, 4) is 11.5 Å². The highest BCUT2D eigenvalue weighted by Crippen LogP contribution is 2.31. The van der Waals surface area contributed by atoms with Crippen molar-refractivity contribution in [1.82, 2.24) is 5.32 Å². The van der Waals surface area contributed by atoms with Crippen LogP contribution in [0.25, 0.3) is 6.08 Å². The molecule has 0 radical (unpaired) electrons. The average molecular weight is 474 g/mol. The lowest BCUT2D eigenvalue weighted by Crippen LogP contribution is -2.54. The van der Waals surface area contributed by atoms with E-state index < -0.39 is 17.8 Å². The van der Waals surface area contributed by atoms with Gasteiger partial charge in [-0.1, -0.05) is 24.3 Å². The second-order valence-corrected chi connectivity index (χ2v) is 8.13. The minimum absolute atomic E-state index is 0.127. The quantitative estimate of drug-likeness (QED) is 0.414. The van der Waals surface area contributed by atoms with Gasteiger partial charge in [-0.3, -0.25) is 14.9 Å². The minimum Gasteiger partial charge on any atom is -0.493 e. The number of rotatable bonds is 6. The van der Waals surface area contributed by atoms with E-state index in [0.29, 0.717) is 28.3 Å². The largest absolute Gasteiger partial charge is 0.493 e. The first-order valence-electron chi connectivity index (χ1n) is 10.8. The van der Waals surface area contributed by atoms with Gasteiger partial charge in [0.1, 0.15) is 18.0 Å². The lowest BCUT2D eigenvalue weighted by Gasteiger charge is -2.27.